The lowest BCUT2D eigenvalue weighted by atomic mass is 10.3. The molecule has 3 rings (SSSR count). The van der Waals surface area contributed by atoms with Gasteiger partial charge in [-0.05, 0) is 43.3 Å². The van der Waals surface area contributed by atoms with Gasteiger partial charge in [0.05, 0.1) is 21.6 Å². The van der Waals surface area contributed by atoms with E-state index in [-0.39, 0.29) is 12.3 Å². The number of carbonyl (C=O) groups excluding carboxylic acids is 2. The molecule has 1 heterocycles. The van der Waals surface area contributed by atoms with E-state index in [9.17, 15) is 9.59 Å². The number of rotatable bonds is 6. The third-order valence-corrected chi connectivity index (χ3v) is 5.02. The van der Waals surface area contributed by atoms with Crippen LogP contribution in [0.3, 0.4) is 0 Å². The minimum Gasteiger partial charge on any atom is -0.453 e. The molecule has 0 radical (unpaired) electrons. The Bertz CT molecular complexity index is 891. The number of benzene rings is 2. The second kappa shape index (κ2) is 8.29. The van der Waals surface area contributed by atoms with Gasteiger partial charge < -0.3 is 10.1 Å². The Morgan fingerprint density at radius 2 is 1.92 bits per heavy atom. The van der Waals surface area contributed by atoms with Gasteiger partial charge in [0.2, 0.25) is 0 Å². The fourth-order valence-electron chi connectivity index (χ4n) is 2.32. The first kappa shape index (κ1) is 18.4. The summed E-state index contributed by atoms with van der Waals surface area (Å²) < 4.78 is 6.29. The van der Waals surface area contributed by atoms with Crippen molar-refractivity contribution < 1.29 is 14.3 Å². The molecular weight excluding hydrogens is 372 g/mol. The van der Waals surface area contributed by atoms with Crippen molar-refractivity contribution in [2.75, 3.05) is 5.32 Å². The second-order valence-corrected chi connectivity index (χ2v) is 7.26. The zero-order chi connectivity index (χ0) is 18.5. The van der Waals surface area contributed by atoms with Crippen molar-refractivity contribution >= 4 is 50.7 Å². The van der Waals surface area contributed by atoms with Crippen molar-refractivity contribution in [3.63, 3.8) is 0 Å². The predicted molar refractivity (Wildman–Crippen MR) is 104 cm³/mol. The molecule has 0 fully saturated rings. The number of nitrogens with zero attached hydrogens (tertiary/aromatic N) is 1. The molecule has 7 heteroatoms. The van der Waals surface area contributed by atoms with Crippen molar-refractivity contribution in [3.05, 3.63) is 58.6 Å². The van der Waals surface area contributed by atoms with Crippen LogP contribution in [-0.4, -0.2) is 23.0 Å². The predicted octanol–water partition coefficient (Wildman–Crippen LogP) is 4.45. The van der Waals surface area contributed by atoms with Crippen LogP contribution in [0.15, 0.2) is 48.5 Å². The minimum atomic E-state index is -0.881. The SMILES string of the molecule is CC(OC(=O)CCc1nc2ccccc2s1)C(=O)Nc1ccc(Cl)cc1. The van der Waals surface area contributed by atoms with E-state index in [1.54, 1.807) is 42.5 Å². The summed E-state index contributed by atoms with van der Waals surface area (Å²) in [6.07, 6.45) is -0.212. The molecule has 0 saturated carbocycles. The Morgan fingerprint density at radius 1 is 1.19 bits per heavy atom. The summed E-state index contributed by atoms with van der Waals surface area (Å²) in [5.74, 6) is -0.816. The molecule has 0 aliphatic rings. The topological polar surface area (TPSA) is 68.3 Å². The summed E-state index contributed by atoms with van der Waals surface area (Å²) >= 11 is 7.36. The smallest absolute Gasteiger partial charge is 0.306 e. The maximum absolute atomic E-state index is 12.1. The van der Waals surface area contributed by atoms with Crippen molar-refractivity contribution in [1.82, 2.24) is 4.98 Å². The molecule has 1 atom stereocenters. The fraction of sp³-hybridized carbons (Fsp3) is 0.211. The molecular formula is C19H17ClN2O3S. The van der Waals surface area contributed by atoms with Crippen LogP contribution in [0.1, 0.15) is 18.4 Å². The molecule has 3 aromatic rings. The summed E-state index contributed by atoms with van der Waals surface area (Å²) in [5.41, 5.74) is 1.52. The Hall–Kier alpha value is -2.44. The normalized spacial score (nSPS) is 11.9. The number of aromatic nitrogens is 1. The maximum atomic E-state index is 12.1. The van der Waals surface area contributed by atoms with Crippen molar-refractivity contribution in [2.45, 2.75) is 25.9 Å². The number of aryl methyl sites for hydroxylation is 1. The van der Waals surface area contributed by atoms with E-state index in [0.717, 1.165) is 15.2 Å². The fourth-order valence-corrected chi connectivity index (χ4v) is 3.42. The largest absolute Gasteiger partial charge is 0.453 e. The lowest BCUT2D eigenvalue weighted by molar-refractivity contribution is -0.153. The highest BCUT2D eigenvalue weighted by Gasteiger charge is 2.18. The first-order valence-corrected chi connectivity index (χ1v) is 9.31. The zero-order valence-corrected chi connectivity index (χ0v) is 15.6. The maximum Gasteiger partial charge on any atom is 0.306 e. The number of amides is 1. The molecule has 0 aliphatic carbocycles. The van der Waals surface area contributed by atoms with Gasteiger partial charge in [-0.2, -0.15) is 0 Å². The van der Waals surface area contributed by atoms with Gasteiger partial charge in [-0.3, -0.25) is 9.59 Å². The van der Waals surface area contributed by atoms with Crippen molar-refractivity contribution in [2.24, 2.45) is 0 Å². The molecule has 134 valence electrons. The third-order valence-electron chi connectivity index (χ3n) is 3.67. The molecule has 0 saturated heterocycles. The summed E-state index contributed by atoms with van der Waals surface area (Å²) in [6.45, 7) is 1.54. The van der Waals surface area contributed by atoms with E-state index in [1.807, 2.05) is 24.3 Å². The molecule has 1 unspecified atom stereocenters. The van der Waals surface area contributed by atoms with Crippen LogP contribution in [0.25, 0.3) is 10.2 Å². The number of hydrogen-bond donors (Lipinski definition) is 1. The molecule has 2 aromatic carbocycles. The monoisotopic (exact) mass is 388 g/mol. The Morgan fingerprint density at radius 3 is 2.65 bits per heavy atom. The quantitative estimate of drug-likeness (QED) is 0.633. The standard InChI is InChI=1S/C19H17ClN2O3S/c1-12(19(24)21-14-8-6-13(20)7-9-14)25-18(23)11-10-17-22-15-4-2-3-5-16(15)26-17/h2-9,12H,10-11H2,1H3,(H,21,24). The van der Waals surface area contributed by atoms with E-state index in [2.05, 4.69) is 10.3 Å². The summed E-state index contributed by atoms with van der Waals surface area (Å²) in [4.78, 5) is 28.6. The Balaban J connectivity index is 1.48. The molecule has 1 amide bonds. The van der Waals surface area contributed by atoms with E-state index in [1.165, 1.54) is 0 Å². The molecule has 0 bridgehead atoms. The second-order valence-electron chi connectivity index (χ2n) is 5.70. The summed E-state index contributed by atoms with van der Waals surface area (Å²) in [6, 6.07) is 14.5. The average Bonchev–Trinajstić information content (AvgIpc) is 3.05. The number of halogens is 1. The zero-order valence-electron chi connectivity index (χ0n) is 14.1. The van der Waals surface area contributed by atoms with Crippen LogP contribution in [0, 0.1) is 0 Å². The molecule has 5 nitrogen and oxygen atoms in total. The third kappa shape index (κ3) is 4.80. The van der Waals surface area contributed by atoms with Gasteiger partial charge in [-0.25, -0.2) is 4.98 Å². The van der Waals surface area contributed by atoms with Crippen LogP contribution < -0.4 is 5.32 Å². The highest BCUT2D eigenvalue weighted by atomic mass is 35.5. The lowest BCUT2D eigenvalue weighted by Crippen LogP contribution is -2.30. The van der Waals surface area contributed by atoms with Crippen molar-refractivity contribution in [1.29, 1.82) is 0 Å². The highest BCUT2D eigenvalue weighted by molar-refractivity contribution is 7.18. The molecule has 0 spiro atoms. The number of fused-ring (bicyclic) bond motifs is 1. The number of thiazole rings is 1. The first-order chi connectivity index (χ1) is 12.5. The van der Waals surface area contributed by atoms with Crippen LogP contribution in [-0.2, 0) is 20.7 Å². The molecule has 1 N–H and O–H groups in total. The van der Waals surface area contributed by atoms with E-state index in [4.69, 9.17) is 16.3 Å². The van der Waals surface area contributed by atoms with Gasteiger partial charge in [-0.15, -0.1) is 11.3 Å². The van der Waals surface area contributed by atoms with Crippen LogP contribution in [0.4, 0.5) is 5.69 Å². The minimum absolute atomic E-state index is 0.179. The Kier molecular flexibility index (Phi) is 5.85. The van der Waals surface area contributed by atoms with Gasteiger partial charge in [0, 0.05) is 17.1 Å². The number of hydrogen-bond acceptors (Lipinski definition) is 5. The lowest BCUT2D eigenvalue weighted by Gasteiger charge is -2.13. The Labute approximate surface area is 160 Å². The van der Waals surface area contributed by atoms with Crippen molar-refractivity contribution in [3.8, 4) is 0 Å². The number of nitrogens with one attached hydrogen (secondary N) is 1. The van der Waals surface area contributed by atoms with Crippen LogP contribution in [0.5, 0.6) is 0 Å². The molecule has 0 aliphatic heterocycles. The van der Waals surface area contributed by atoms with Gasteiger partial charge in [-0.1, -0.05) is 23.7 Å². The molecule has 1 aromatic heterocycles. The van der Waals surface area contributed by atoms with Gasteiger partial charge in [0.15, 0.2) is 6.10 Å². The first-order valence-electron chi connectivity index (χ1n) is 8.11. The van der Waals surface area contributed by atoms with Crippen LogP contribution >= 0.6 is 22.9 Å². The number of anilines is 1. The number of esters is 1. The summed E-state index contributed by atoms with van der Waals surface area (Å²) in [7, 11) is 0. The number of ether oxygens (including phenoxy) is 1. The number of para-hydroxylation sites is 1. The van der Waals surface area contributed by atoms with E-state index in [0.29, 0.717) is 17.1 Å². The van der Waals surface area contributed by atoms with Gasteiger partial charge >= 0.3 is 5.97 Å². The van der Waals surface area contributed by atoms with Gasteiger partial charge in [0.1, 0.15) is 0 Å². The average molecular weight is 389 g/mol. The highest BCUT2D eigenvalue weighted by Crippen LogP contribution is 2.22. The van der Waals surface area contributed by atoms with E-state index >= 15 is 0 Å². The number of carbonyl (C=O) groups is 2. The van der Waals surface area contributed by atoms with Crippen LogP contribution in [0.2, 0.25) is 5.02 Å². The van der Waals surface area contributed by atoms with Gasteiger partial charge in [0.25, 0.3) is 5.91 Å². The summed E-state index contributed by atoms with van der Waals surface area (Å²) in [5, 5.41) is 4.14. The van der Waals surface area contributed by atoms with E-state index < -0.39 is 12.1 Å². The molecule has 26 heavy (non-hydrogen) atoms.